The number of methoxy groups -OCH3 is 1. The Kier molecular flexibility index (Phi) is 5.47. The third kappa shape index (κ3) is 4.40. The van der Waals surface area contributed by atoms with E-state index in [9.17, 15) is 4.79 Å². The first-order chi connectivity index (χ1) is 16.2. The monoisotopic (exact) mass is 436 g/mol. The first-order valence-electron chi connectivity index (χ1n) is 10.4. The number of hydrogen-bond acceptors (Lipinski definition) is 6. The van der Waals surface area contributed by atoms with Crippen molar-refractivity contribution >= 4 is 17.2 Å². The average Bonchev–Trinajstić information content (AvgIpc) is 3.28. The minimum Gasteiger partial charge on any atom is -0.497 e. The normalized spacial score (nSPS) is 10.8. The number of amides is 1. The van der Waals surface area contributed by atoms with E-state index in [0.29, 0.717) is 17.2 Å². The second-order valence-corrected chi connectivity index (χ2v) is 7.41. The minimum absolute atomic E-state index is 0.0962. The van der Waals surface area contributed by atoms with Crippen LogP contribution in [0.2, 0.25) is 0 Å². The van der Waals surface area contributed by atoms with Gasteiger partial charge in [0.1, 0.15) is 5.75 Å². The van der Waals surface area contributed by atoms with E-state index in [1.165, 1.54) is 0 Å². The molecule has 8 heteroatoms. The van der Waals surface area contributed by atoms with Crippen LogP contribution in [-0.2, 0) is 11.2 Å². The summed E-state index contributed by atoms with van der Waals surface area (Å²) in [5, 5.41) is 16.1. The molecular formula is C25H20N6O2. The Hall–Kier alpha value is -4.59. The molecule has 0 fully saturated rings. The number of carbonyl (C=O) groups is 1. The lowest BCUT2D eigenvalue weighted by Crippen LogP contribution is -2.14. The quantitative estimate of drug-likeness (QED) is 0.432. The summed E-state index contributed by atoms with van der Waals surface area (Å²) in [6.07, 6.45) is 3.71. The summed E-state index contributed by atoms with van der Waals surface area (Å²) in [6, 6.07) is 22.6. The number of pyridine rings is 1. The summed E-state index contributed by atoms with van der Waals surface area (Å²) < 4.78 is 6.92. The van der Waals surface area contributed by atoms with Gasteiger partial charge in [-0.3, -0.25) is 9.78 Å². The van der Waals surface area contributed by atoms with Crippen molar-refractivity contribution in [3.63, 3.8) is 0 Å². The minimum atomic E-state index is -0.0962. The van der Waals surface area contributed by atoms with Crippen LogP contribution in [0.3, 0.4) is 0 Å². The molecule has 0 saturated carbocycles. The molecule has 0 aliphatic rings. The van der Waals surface area contributed by atoms with Gasteiger partial charge in [0.15, 0.2) is 11.5 Å². The Morgan fingerprint density at radius 2 is 1.85 bits per heavy atom. The van der Waals surface area contributed by atoms with Crippen LogP contribution in [0.15, 0.2) is 85.2 Å². The van der Waals surface area contributed by atoms with Crippen LogP contribution in [0, 0.1) is 0 Å². The maximum absolute atomic E-state index is 12.4. The van der Waals surface area contributed by atoms with Crippen LogP contribution in [0.25, 0.3) is 28.3 Å². The Morgan fingerprint density at radius 3 is 2.64 bits per heavy atom. The molecule has 0 unspecified atom stereocenters. The van der Waals surface area contributed by atoms with Crippen molar-refractivity contribution in [2.45, 2.75) is 6.42 Å². The standard InChI is InChI=1S/C25H20N6O2/c1-33-21-6-2-4-17(14-21)15-24(32)27-20-9-7-18(8-10-20)22-11-12-23-28-29-25(31(23)30-22)19-5-3-13-26-16-19/h2-14,16H,15H2,1H3,(H,27,32). The van der Waals surface area contributed by atoms with Crippen molar-refractivity contribution < 1.29 is 9.53 Å². The summed E-state index contributed by atoms with van der Waals surface area (Å²) in [5.41, 5.74) is 4.77. The summed E-state index contributed by atoms with van der Waals surface area (Å²) in [4.78, 5) is 16.6. The van der Waals surface area contributed by atoms with Crippen molar-refractivity contribution in [2.24, 2.45) is 0 Å². The lowest BCUT2D eigenvalue weighted by molar-refractivity contribution is -0.115. The van der Waals surface area contributed by atoms with E-state index >= 15 is 0 Å². The van der Waals surface area contributed by atoms with Gasteiger partial charge in [0.25, 0.3) is 0 Å². The molecular weight excluding hydrogens is 416 g/mol. The highest BCUT2D eigenvalue weighted by Crippen LogP contribution is 2.22. The van der Waals surface area contributed by atoms with E-state index in [2.05, 4.69) is 20.5 Å². The number of benzene rings is 2. The molecule has 162 valence electrons. The number of aromatic nitrogens is 5. The zero-order valence-corrected chi connectivity index (χ0v) is 17.8. The fourth-order valence-corrected chi connectivity index (χ4v) is 3.52. The number of hydrogen-bond donors (Lipinski definition) is 1. The number of ether oxygens (including phenoxy) is 1. The largest absolute Gasteiger partial charge is 0.497 e. The van der Waals surface area contributed by atoms with Crippen molar-refractivity contribution in [3.8, 4) is 28.4 Å². The SMILES string of the molecule is COc1cccc(CC(=O)Nc2ccc(-c3ccc4nnc(-c5cccnc5)n4n3)cc2)c1. The summed E-state index contributed by atoms with van der Waals surface area (Å²) >= 11 is 0. The highest BCUT2D eigenvalue weighted by molar-refractivity contribution is 5.92. The number of carbonyl (C=O) groups excluding carboxylic acids is 1. The summed E-state index contributed by atoms with van der Waals surface area (Å²) in [5.74, 6) is 1.26. The van der Waals surface area contributed by atoms with Crippen LogP contribution < -0.4 is 10.1 Å². The number of nitrogens with one attached hydrogen (secondary N) is 1. The topological polar surface area (TPSA) is 94.3 Å². The molecule has 0 bridgehead atoms. The number of anilines is 1. The van der Waals surface area contributed by atoms with Gasteiger partial charge < -0.3 is 10.1 Å². The zero-order valence-electron chi connectivity index (χ0n) is 17.8. The maximum Gasteiger partial charge on any atom is 0.228 e. The van der Waals surface area contributed by atoms with Crippen LogP contribution in [0.5, 0.6) is 5.75 Å². The van der Waals surface area contributed by atoms with Crippen LogP contribution >= 0.6 is 0 Å². The van der Waals surface area contributed by atoms with Crippen molar-refractivity contribution in [1.82, 2.24) is 24.8 Å². The summed E-state index contributed by atoms with van der Waals surface area (Å²) in [7, 11) is 1.61. The second kappa shape index (κ2) is 8.88. The van der Waals surface area contributed by atoms with Gasteiger partial charge in [0, 0.05) is 29.2 Å². The van der Waals surface area contributed by atoms with Crippen molar-refractivity contribution in [1.29, 1.82) is 0 Å². The van der Waals surface area contributed by atoms with Gasteiger partial charge in [0.2, 0.25) is 5.91 Å². The van der Waals surface area contributed by atoms with Gasteiger partial charge in [-0.25, -0.2) is 0 Å². The Labute approximate surface area is 189 Å². The molecule has 5 rings (SSSR count). The van der Waals surface area contributed by atoms with E-state index in [1.807, 2.05) is 72.8 Å². The molecule has 1 N–H and O–H groups in total. The molecule has 5 aromatic rings. The molecule has 8 nitrogen and oxygen atoms in total. The van der Waals surface area contributed by atoms with Crippen LogP contribution in [-0.4, -0.2) is 37.8 Å². The molecule has 1 amide bonds. The highest BCUT2D eigenvalue weighted by atomic mass is 16.5. The lowest BCUT2D eigenvalue weighted by atomic mass is 10.1. The first kappa shape index (κ1) is 20.3. The van der Waals surface area contributed by atoms with E-state index in [0.717, 1.165) is 28.1 Å². The molecule has 0 radical (unpaired) electrons. The molecule has 0 atom stereocenters. The molecule has 3 aromatic heterocycles. The molecule has 3 heterocycles. The lowest BCUT2D eigenvalue weighted by Gasteiger charge is -2.08. The van der Waals surface area contributed by atoms with Gasteiger partial charge in [-0.05, 0) is 54.1 Å². The zero-order chi connectivity index (χ0) is 22.6. The molecule has 0 aliphatic heterocycles. The number of fused-ring (bicyclic) bond motifs is 1. The van der Waals surface area contributed by atoms with Gasteiger partial charge >= 0.3 is 0 Å². The van der Waals surface area contributed by atoms with E-state index in [-0.39, 0.29) is 12.3 Å². The third-order valence-electron chi connectivity index (χ3n) is 5.15. The van der Waals surface area contributed by atoms with Gasteiger partial charge in [-0.1, -0.05) is 24.3 Å². The molecule has 0 spiro atoms. The first-order valence-corrected chi connectivity index (χ1v) is 10.4. The molecule has 33 heavy (non-hydrogen) atoms. The van der Waals surface area contributed by atoms with Crippen molar-refractivity contribution in [2.75, 3.05) is 12.4 Å². The van der Waals surface area contributed by atoms with Gasteiger partial charge in [-0.15, -0.1) is 10.2 Å². The third-order valence-corrected chi connectivity index (χ3v) is 5.15. The number of nitrogens with zero attached hydrogens (tertiary/aromatic N) is 5. The Bertz CT molecular complexity index is 1410. The fourth-order valence-electron chi connectivity index (χ4n) is 3.52. The molecule has 0 aliphatic carbocycles. The van der Waals surface area contributed by atoms with Gasteiger partial charge in [-0.2, -0.15) is 9.61 Å². The predicted octanol–water partition coefficient (Wildman–Crippen LogP) is 4.04. The average molecular weight is 436 g/mol. The van der Waals surface area contributed by atoms with E-state index in [1.54, 1.807) is 24.0 Å². The van der Waals surface area contributed by atoms with Crippen molar-refractivity contribution in [3.05, 3.63) is 90.8 Å². The Balaban J connectivity index is 1.33. The van der Waals surface area contributed by atoms with E-state index in [4.69, 9.17) is 9.84 Å². The predicted molar refractivity (Wildman–Crippen MR) is 125 cm³/mol. The maximum atomic E-state index is 12.4. The molecule has 0 saturated heterocycles. The van der Waals surface area contributed by atoms with Crippen LogP contribution in [0.4, 0.5) is 5.69 Å². The molecule has 2 aromatic carbocycles. The highest BCUT2D eigenvalue weighted by Gasteiger charge is 2.11. The Morgan fingerprint density at radius 1 is 0.970 bits per heavy atom. The smallest absolute Gasteiger partial charge is 0.228 e. The summed E-state index contributed by atoms with van der Waals surface area (Å²) in [6.45, 7) is 0. The van der Waals surface area contributed by atoms with Crippen LogP contribution in [0.1, 0.15) is 5.56 Å². The van der Waals surface area contributed by atoms with Gasteiger partial charge in [0.05, 0.1) is 19.2 Å². The second-order valence-electron chi connectivity index (χ2n) is 7.41. The van der Waals surface area contributed by atoms with E-state index < -0.39 is 0 Å². The fraction of sp³-hybridized carbons (Fsp3) is 0.0800. The number of rotatable bonds is 6.